The number of methoxy groups -OCH3 is 1. The molecular weight excluding hydrogens is 276 g/mol. The number of likely N-dealkylation sites (tertiary alicyclic amines) is 1. The molecule has 0 unspecified atom stereocenters. The van der Waals surface area contributed by atoms with Gasteiger partial charge in [0.2, 0.25) is 5.91 Å². The summed E-state index contributed by atoms with van der Waals surface area (Å²) >= 11 is 0. The molecule has 2 rings (SSSR count). The molecule has 1 aliphatic rings. The average Bonchev–Trinajstić information content (AvgIpc) is 2.58. The van der Waals surface area contributed by atoms with Gasteiger partial charge < -0.3 is 15.0 Å². The number of rotatable bonds is 7. The van der Waals surface area contributed by atoms with Crippen LogP contribution in [0.15, 0.2) is 24.3 Å². The zero-order chi connectivity index (χ0) is 15.8. The third-order valence-electron chi connectivity index (χ3n) is 4.45. The molecule has 0 spiro atoms. The van der Waals surface area contributed by atoms with Crippen molar-refractivity contribution in [1.82, 2.24) is 10.2 Å². The predicted molar refractivity (Wildman–Crippen MR) is 89.2 cm³/mol. The number of aryl methyl sites for hydroxylation is 1. The molecule has 1 heterocycles. The van der Waals surface area contributed by atoms with Crippen LogP contribution in [0.2, 0.25) is 0 Å². The summed E-state index contributed by atoms with van der Waals surface area (Å²) in [4.78, 5) is 14.4. The topological polar surface area (TPSA) is 41.6 Å². The molecule has 0 radical (unpaired) electrons. The summed E-state index contributed by atoms with van der Waals surface area (Å²) in [7, 11) is 1.68. The van der Waals surface area contributed by atoms with Gasteiger partial charge in [0.05, 0.1) is 7.11 Å². The summed E-state index contributed by atoms with van der Waals surface area (Å²) in [5.74, 6) is 1.87. The van der Waals surface area contributed by atoms with Crippen molar-refractivity contribution in [2.45, 2.75) is 32.6 Å². The highest BCUT2D eigenvalue weighted by atomic mass is 16.5. The van der Waals surface area contributed by atoms with Crippen LogP contribution in [0.4, 0.5) is 0 Å². The molecule has 0 saturated carbocycles. The first-order chi connectivity index (χ1) is 10.7. The lowest BCUT2D eigenvalue weighted by atomic mass is 9.96. The molecule has 1 saturated heterocycles. The summed E-state index contributed by atoms with van der Waals surface area (Å²) in [6.45, 7) is 6.05. The maximum Gasteiger partial charge on any atom is 0.222 e. The average molecular weight is 304 g/mol. The maximum absolute atomic E-state index is 12.4. The van der Waals surface area contributed by atoms with E-state index in [1.54, 1.807) is 7.11 Å². The highest BCUT2D eigenvalue weighted by Crippen LogP contribution is 2.21. The Morgan fingerprint density at radius 1 is 1.32 bits per heavy atom. The molecule has 1 aromatic carbocycles. The zero-order valence-corrected chi connectivity index (χ0v) is 13.8. The Morgan fingerprint density at radius 2 is 2.05 bits per heavy atom. The van der Waals surface area contributed by atoms with Gasteiger partial charge in [-0.3, -0.25) is 4.79 Å². The van der Waals surface area contributed by atoms with Crippen LogP contribution in [0.5, 0.6) is 5.75 Å². The van der Waals surface area contributed by atoms with Crippen molar-refractivity contribution in [2.75, 3.05) is 33.3 Å². The van der Waals surface area contributed by atoms with Gasteiger partial charge in [0.25, 0.3) is 0 Å². The van der Waals surface area contributed by atoms with Crippen molar-refractivity contribution < 1.29 is 9.53 Å². The van der Waals surface area contributed by atoms with Crippen LogP contribution >= 0.6 is 0 Å². The Kier molecular flexibility index (Phi) is 6.72. The molecule has 1 amide bonds. The number of benzene rings is 1. The van der Waals surface area contributed by atoms with Crippen LogP contribution in [0, 0.1) is 5.92 Å². The molecule has 0 aliphatic carbocycles. The molecule has 4 nitrogen and oxygen atoms in total. The molecule has 0 bridgehead atoms. The van der Waals surface area contributed by atoms with Crippen LogP contribution in [0.1, 0.15) is 31.7 Å². The number of hydrogen-bond acceptors (Lipinski definition) is 3. The van der Waals surface area contributed by atoms with E-state index in [4.69, 9.17) is 4.74 Å². The van der Waals surface area contributed by atoms with Crippen molar-refractivity contribution in [3.63, 3.8) is 0 Å². The highest BCUT2D eigenvalue weighted by Gasteiger charge is 2.22. The number of para-hydroxylation sites is 1. The molecule has 1 aromatic rings. The van der Waals surface area contributed by atoms with Crippen molar-refractivity contribution in [3.05, 3.63) is 29.8 Å². The molecule has 1 N–H and O–H groups in total. The highest BCUT2D eigenvalue weighted by molar-refractivity contribution is 5.76. The summed E-state index contributed by atoms with van der Waals surface area (Å²) in [5, 5.41) is 3.40. The first kappa shape index (κ1) is 16.8. The van der Waals surface area contributed by atoms with E-state index < -0.39 is 0 Å². The Balaban J connectivity index is 1.76. The smallest absolute Gasteiger partial charge is 0.222 e. The molecule has 4 heteroatoms. The number of ether oxygens (including phenoxy) is 1. The van der Waals surface area contributed by atoms with Crippen LogP contribution < -0.4 is 10.1 Å². The second kappa shape index (κ2) is 8.79. The van der Waals surface area contributed by atoms with Gasteiger partial charge in [-0.2, -0.15) is 0 Å². The molecular formula is C18H28N2O2. The van der Waals surface area contributed by atoms with Crippen molar-refractivity contribution in [3.8, 4) is 5.75 Å². The molecule has 1 fully saturated rings. The number of nitrogens with one attached hydrogen (secondary N) is 1. The van der Waals surface area contributed by atoms with Gasteiger partial charge in [-0.1, -0.05) is 25.1 Å². The SMILES string of the molecule is CCNCC1CCN(C(=O)CCc2ccccc2OC)CC1. The lowest BCUT2D eigenvalue weighted by Crippen LogP contribution is -2.40. The van der Waals surface area contributed by atoms with Crippen LogP contribution in [0.3, 0.4) is 0 Å². The van der Waals surface area contributed by atoms with Crippen molar-refractivity contribution in [2.24, 2.45) is 5.92 Å². The minimum absolute atomic E-state index is 0.271. The molecule has 0 atom stereocenters. The van der Waals surface area contributed by atoms with Gasteiger partial charge in [-0.25, -0.2) is 0 Å². The Bertz CT molecular complexity index is 468. The third-order valence-corrected chi connectivity index (χ3v) is 4.45. The van der Waals surface area contributed by atoms with Crippen molar-refractivity contribution in [1.29, 1.82) is 0 Å². The Hall–Kier alpha value is -1.55. The minimum atomic E-state index is 0.271. The number of nitrogens with zero attached hydrogens (tertiary/aromatic N) is 1. The number of carbonyl (C=O) groups excluding carboxylic acids is 1. The van der Waals surface area contributed by atoms with E-state index in [1.165, 1.54) is 0 Å². The lowest BCUT2D eigenvalue weighted by Gasteiger charge is -2.32. The Labute approximate surface area is 133 Å². The largest absolute Gasteiger partial charge is 0.496 e. The summed E-state index contributed by atoms with van der Waals surface area (Å²) in [5.41, 5.74) is 1.11. The number of amides is 1. The number of piperidine rings is 1. The van der Waals surface area contributed by atoms with E-state index in [0.29, 0.717) is 6.42 Å². The fourth-order valence-corrected chi connectivity index (χ4v) is 3.04. The number of hydrogen-bond donors (Lipinski definition) is 1. The summed E-state index contributed by atoms with van der Waals surface area (Å²) < 4.78 is 5.34. The predicted octanol–water partition coefficient (Wildman–Crippen LogP) is 2.48. The minimum Gasteiger partial charge on any atom is -0.496 e. The van der Waals surface area contributed by atoms with Gasteiger partial charge in [-0.05, 0) is 49.9 Å². The van der Waals surface area contributed by atoms with Crippen LogP contribution in [0.25, 0.3) is 0 Å². The zero-order valence-electron chi connectivity index (χ0n) is 13.8. The number of carbonyl (C=O) groups is 1. The van der Waals surface area contributed by atoms with Crippen molar-refractivity contribution >= 4 is 5.91 Å². The normalized spacial score (nSPS) is 15.8. The lowest BCUT2D eigenvalue weighted by molar-refractivity contribution is -0.132. The van der Waals surface area contributed by atoms with Gasteiger partial charge in [0, 0.05) is 19.5 Å². The van der Waals surface area contributed by atoms with E-state index in [2.05, 4.69) is 12.2 Å². The monoisotopic (exact) mass is 304 g/mol. The van der Waals surface area contributed by atoms with Gasteiger partial charge >= 0.3 is 0 Å². The van der Waals surface area contributed by atoms with Crippen LogP contribution in [-0.4, -0.2) is 44.1 Å². The molecule has 122 valence electrons. The second-order valence-electron chi connectivity index (χ2n) is 5.94. The van der Waals surface area contributed by atoms with E-state index in [1.807, 2.05) is 29.2 Å². The van der Waals surface area contributed by atoms with E-state index >= 15 is 0 Å². The summed E-state index contributed by atoms with van der Waals surface area (Å²) in [6, 6.07) is 7.94. The maximum atomic E-state index is 12.4. The van der Waals surface area contributed by atoms with Gasteiger partial charge in [0.15, 0.2) is 0 Å². The third kappa shape index (κ3) is 4.73. The van der Waals surface area contributed by atoms with Gasteiger partial charge in [-0.15, -0.1) is 0 Å². The standard InChI is InChI=1S/C18H28N2O2/c1-3-19-14-15-10-12-20(13-11-15)18(21)9-8-16-6-4-5-7-17(16)22-2/h4-7,15,19H,3,8-14H2,1-2H3. The molecule has 0 aromatic heterocycles. The first-order valence-electron chi connectivity index (χ1n) is 8.35. The molecule has 22 heavy (non-hydrogen) atoms. The van der Waals surface area contributed by atoms with E-state index in [0.717, 1.165) is 62.7 Å². The van der Waals surface area contributed by atoms with Gasteiger partial charge in [0.1, 0.15) is 5.75 Å². The quantitative estimate of drug-likeness (QED) is 0.841. The fourth-order valence-electron chi connectivity index (χ4n) is 3.04. The second-order valence-corrected chi connectivity index (χ2v) is 5.94. The first-order valence-corrected chi connectivity index (χ1v) is 8.35. The Morgan fingerprint density at radius 3 is 2.73 bits per heavy atom. The molecule has 1 aliphatic heterocycles. The van der Waals surface area contributed by atoms with E-state index in [-0.39, 0.29) is 5.91 Å². The van der Waals surface area contributed by atoms with Crippen LogP contribution in [-0.2, 0) is 11.2 Å². The summed E-state index contributed by atoms with van der Waals surface area (Å²) in [6.07, 6.45) is 3.55. The van der Waals surface area contributed by atoms with E-state index in [9.17, 15) is 4.79 Å². The fraction of sp³-hybridized carbons (Fsp3) is 0.611.